The number of carbonyl (C=O) groups is 1. The summed E-state index contributed by atoms with van der Waals surface area (Å²) in [5.41, 5.74) is 0.938. The fraction of sp³-hybridized carbons (Fsp3) is 0.400. The lowest BCUT2D eigenvalue weighted by Gasteiger charge is -2.19. The van der Waals surface area contributed by atoms with Crippen LogP contribution in [0.5, 0.6) is 0 Å². The highest BCUT2D eigenvalue weighted by Crippen LogP contribution is 2.18. The minimum Gasteiger partial charge on any atom is -0.452 e. The first-order chi connectivity index (χ1) is 10.4. The molecule has 0 aliphatic carbocycles. The first-order valence-corrected chi connectivity index (χ1v) is 8.33. The topological polar surface area (TPSA) is 76.2 Å². The standard InChI is InChI=1S/C15H19NO5S/c1-12-6-8-14(9-7-12)22(18,19)16(15(17)20-2)10-4-3-5-13-11-21-13/h3-4,6-9,13H,5,10-11H2,1-2H3/b4-3+/t13-/m1/s1. The number of methoxy groups -OCH3 is 1. The van der Waals surface area contributed by atoms with Crippen LogP contribution in [-0.4, -0.2) is 45.2 Å². The smallest absolute Gasteiger partial charge is 0.423 e. The van der Waals surface area contributed by atoms with Gasteiger partial charge in [0, 0.05) is 0 Å². The number of aryl methyl sites for hydroxylation is 1. The Balaban J connectivity index is 2.16. The van der Waals surface area contributed by atoms with Gasteiger partial charge in [0.05, 0.1) is 31.3 Å². The van der Waals surface area contributed by atoms with Crippen LogP contribution in [0, 0.1) is 6.92 Å². The summed E-state index contributed by atoms with van der Waals surface area (Å²) in [6.45, 7) is 2.51. The minimum atomic E-state index is -3.94. The second kappa shape index (κ2) is 6.93. The summed E-state index contributed by atoms with van der Waals surface area (Å²) in [5, 5.41) is 0. The molecule has 1 amide bonds. The van der Waals surface area contributed by atoms with Gasteiger partial charge in [-0.15, -0.1) is 0 Å². The SMILES string of the molecule is COC(=O)N(C/C=C/C[C@@H]1CO1)S(=O)(=O)c1ccc(C)cc1. The fourth-order valence-corrected chi connectivity index (χ4v) is 3.12. The van der Waals surface area contributed by atoms with E-state index in [0.717, 1.165) is 19.3 Å². The zero-order chi connectivity index (χ0) is 16.2. The number of carbonyl (C=O) groups excluding carboxylic acids is 1. The highest BCUT2D eigenvalue weighted by Gasteiger charge is 2.29. The number of hydrogen-bond donors (Lipinski definition) is 0. The van der Waals surface area contributed by atoms with Crippen LogP contribution in [0.2, 0.25) is 0 Å². The van der Waals surface area contributed by atoms with E-state index in [9.17, 15) is 13.2 Å². The van der Waals surface area contributed by atoms with E-state index < -0.39 is 16.1 Å². The molecule has 1 atom stereocenters. The minimum absolute atomic E-state index is 0.0578. The van der Waals surface area contributed by atoms with Crippen LogP contribution in [0.15, 0.2) is 41.3 Å². The third-order valence-corrected chi connectivity index (χ3v) is 4.97. The van der Waals surface area contributed by atoms with Gasteiger partial charge in [0.25, 0.3) is 10.0 Å². The van der Waals surface area contributed by atoms with Gasteiger partial charge in [0.15, 0.2) is 0 Å². The van der Waals surface area contributed by atoms with Gasteiger partial charge in [-0.3, -0.25) is 0 Å². The number of rotatable bonds is 6. The molecule has 0 spiro atoms. The van der Waals surface area contributed by atoms with Crippen molar-refractivity contribution in [1.29, 1.82) is 0 Å². The monoisotopic (exact) mass is 325 g/mol. The van der Waals surface area contributed by atoms with E-state index in [4.69, 9.17) is 4.74 Å². The van der Waals surface area contributed by atoms with Gasteiger partial charge in [0.2, 0.25) is 0 Å². The van der Waals surface area contributed by atoms with Crippen molar-refractivity contribution >= 4 is 16.1 Å². The Kier molecular flexibility index (Phi) is 5.20. The number of amides is 1. The molecule has 1 aromatic carbocycles. The molecule has 2 rings (SSSR count). The van der Waals surface area contributed by atoms with Crippen LogP contribution in [-0.2, 0) is 19.5 Å². The van der Waals surface area contributed by atoms with Crippen LogP contribution in [0.3, 0.4) is 0 Å². The Morgan fingerprint density at radius 3 is 2.55 bits per heavy atom. The second-order valence-corrected chi connectivity index (χ2v) is 6.84. The molecule has 0 saturated carbocycles. The molecule has 0 radical (unpaired) electrons. The van der Waals surface area contributed by atoms with Gasteiger partial charge in [-0.1, -0.05) is 29.8 Å². The summed E-state index contributed by atoms with van der Waals surface area (Å²) >= 11 is 0. The first-order valence-electron chi connectivity index (χ1n) is 6.89. The zero-order valence-electron chi connectivity index (χ0n) is 12.6. The largest absolute Gasteiger partial charge is 0.452 e. The van der Waals surface area contributed by atoms with Crippen LogP contribution in [0.4, 0.5) is 4.79 Å². The van der Waals surface area contributed by atoms with Gasteiger partial charge in [-0.05, 0) is 25.5 Å². The van der Waals surface area contributed by atoms with E-state index in [2.05, 4.69) is 4.74 Å². The molecular weight excluding hydrogens is 306 g/mol. The summed E-state index contributed by atoms with van der Waals surface area (Å²) in [4.78, 5) is 11.9. The molecule has 1 aliphatic heterocycles. The molecule has 1 aliphatic rings. The summed E-state index contributed by atoms with van der Waals surface area (Å²) < 4.78 is 35.5. The van der Waals surface area contributed by atoms with E-state index in [1.165, 1.54) is 12.1 Å². The van der Waals surface area contributed by atoms with Gasteiger partial charge in [0.1, 0.15) is 0 Å². The Hall–Kier alpha value is -1.86. The maximum atomic E-state index is 12.6. The molecule has 22 heavy (non-hydrogen) atoms. The Morgan fingerprint density at radius 1 is 1.36 bits per heavy atom. The molecule has 1 heterocycles. The van der Waals surface area contributed by atoms with Crippen LogP contribution >= 0.6 is 0 Å². The van der Waals surface area contributed by atoms with Crippen LogP contribution < -0.4 is 0 Å². The Morgan fingerprint density at radius 2 is 2.00 bits per heavy atom. The molecule has 1 fully saturated rings. The van der Waals surface area contributed by atoms with E-state index >= 15 is 0 Å². The van der Waals surface area contributed by atoms with Crippen molar-refractivity contribution in [3.8, 4) is 0 Å². The maximum absolute atomic E-state index is 12.6. The van der Waals surface area contributed by atoms with Crippen molar-refractivity contribution in [3.63, 3.8) is 0 Å². The molecular formula is C15H19NO5S. The maximum Gasteiger partial charge on any atom is 0.423 e. The van der Waals surface area contributed by atoms with Crippen LogP contribution in [0.1, 0.15) is 12.0 Å². The molecule has 1 aromatic rings. The third-order valence-electron chi connectivity index (χ3n) is 3.23. The molecule has 0 aromatic heterocycles. The average molecular weight is 325 g/mol. The second-order valence-electron chi connectivity index (χ2n) is 4.98. The Labute approximate surface area is 130 Å². The molecule has 7 heteroatoms. The zero-order valence-corrected chi connectivity index (χ0v) is 13.4. The van der Waals surface area contributed by atoms with Gasteiger partial charge in [-0.2, -0.15) is 4.31 Å². The summed E-state index contributed by atoms with van der Waals surface area (Å²) in [7, 11) is -2.78. The number of benzene rings is 1. The first kappa shape index (κ1) is 16.5. The molecule has 1 saturated heterocycles. The number of epoxide rings is 1. The van der Waals surface area contributed by atoms with E-state index in [1.54, 1.807) is 24.3 Å². The number of hydrogen-bond acceptors (Lipinski definition) is 5. The average Bonchev–Trinajstić information content (AvgIpc) is 3.31. The van der Waals surface area contributed by atoms with E-state index in [1.807, 2.05) is 6.92 Å². The summed E-state index contributed by atoms with van der Waals surface area (Å²) in [6.07, 6.45) is 3.45. The lowest BCUT2D eigenvalue weighted by atomic mass is 10.2. The number of sulfonamides is 1. The highest BCUT2D eigenvalue weighted by molar-refractivity contribution is 7.89. The normalized spacial score (nSPS) is 17.5. The summed E-state index contributed by atoms with van der Waals surface area (Å²) in [5.74, 6) is 0. The quantitative estimate of drug-likeness (QED) is 0.591. The lowest BCUT2D eigenvalue weighted by Crippen LogP contribution is -2.37. The number of nitrogens with zero attached hydrogens (tertiary/aromatic N) is 1. The highest BCUT2D eigenvalue weighted by atomic mass is 32.2. The molecule has 0 N–H and O–H groups in total. The molecule has 0 bridgehead atoms. The third kappa shape index (κ3) is 4.08. The van der Waals surface area contributed by atoms with Gasteiger partial charge >= 0.3 is 6.09 Å². The van der Waals surface area contributed by atoms with Crippen molar-refractivity contribution in [3.05, 3.63) is 42.0 Å². The van der Waals surface area contributed by atoms with Crippen molar-refractivity contribution in [2.24, 2.45) is 0 Å². The Bertz CT molecular complexity index is 647. The van der Waals surface area contributed by atoms with Crippen molar-refractivity contribution in [1.82, 2.24) is 4.31 Å². The molecule has 0 unspecified atom stereocenters. The van der Waals surface area contributed by atoms with Crippen molar-refractivity contribution < 1.29 is 22.7 Å². The van der Waals surface area contributed by atoms with Crippen molar-refractivity contribution in [2.75, 3.05) is 20.3 Å². The van der Waals surface area contributed by atoms with Crippen molar-refractivity contribution in [2.45, 2.75) is 24.3 Å². The summed E-state index contributed by atoms with van der Waals surface area (Å²) in [6, 6.07) is 6.32. The molecule has 6 nitrogen and oxygen atoms in total. The predicted octanol–water partition coefficient (Wildman–Crippen LogP) is 2.10. The van der Waals surface area contributed by atoms with Gasteiger partial charge < -0.3 is 9.47 Å². The van der Waals surface area contributed by atoms with Crippen LogP contribution in [0.25, 0.3) is 0 Å². The predicted molar refractivity (Wildman–Crippen MR) is 81.0 cm³/mol. The number of ether oxygens (including phenoxy) is 2. The van der Waals surface area contributed by atoms with E-state index in [-0.39, 0.29) is 17.5 Å². The molecule has 120 valence electrons. The lowest BCUT2D eigenvalue weighted by molar-refractivity contribution is 0.151. The van der Waals surface area contributed by atoms with E-state index in [0.29, 0.717) is 10.7 Å². The fourth-order valence-electron chi connectivity index (χ4n) is 1.83. The van der Waals surface area contributed by atoms with Gasteiger partial charge in [-0.25, -0.2) is 13.2 Å².